The monoisotopic (exact) mass is 264 g/mol. The summed E-state index contributed by atoms with van der Waals surface area (Å²) in [6.45, 7) is 1.60. The Kier molecular flexibility index (Phi) is 4.28. The topological polar surface area (TPSA) is 55.1 Å². The van der Waals surface area contributed by atoms with Gasteiger partial charge in [0.05, 0.1) is 5.56 Å². The summed E-state index contributed by atoms with van der Waals surface area (Å²) in [5, 5.41) is 2.25. The fourth-order valence-electron chi connectivity index (χ4n) is 1.19. The maximum atomic E-state index is 13.0. The molecule has 1 aromatic rings. The number of carbonyl (C=O) groups is 1. The highest BCUT2D eigenvalue weighted by Crippen LogP contribution is 2.33. The number of rotatable bonds is 3. The molecule has 0 saturated carbocycles. The van der Waals surface area contributed by atoms with Crippen molar-refractivity contribution in [1.29, 1.82) is 0 Å². The van der Waals surface area contributed by atoms with E-state index in [1.54, 1.807) is 0 Å². The van der Waals surface area contributed by atoms with Crippen LogP contribution in [-0.4, -0.2) is 12.5 Å². The van der Waals surface area contributed by atoms with Gasteiger partial charge in [-0.25, -0.2) is 4.39 Å². The Bertz CT molecular complexity index is 445. The summed E-state index contributed by atoms with van der Waals surface area (Å²) in [7, 11) is 0. The fraction of sp³-hybridized carbons (Fsp3) is 0.364. The predicted octanol–water partition coefficient (Wildman–Crippen LogP) is 2.38. The molecule has 0 heterocycles. The molecular formula is C11H12F4N2O. The van der Waals surface area contributed by atoms with Crippen molar-refractivity contribution in [2.24, 2.45) is 11.7 Å². The maximum absolute atomic E-state index is 13.0. The van der Waals surface area contributed by atoms with Crippen molar-refractivity contribution in [3.8, 4) is 0 Å². The van der Waals surface area contributed by atoms with E-state index in [9.17, 15) is 22.4 Å². The molecule has 0 aliphatic heterocycles. The van der Waals surface area contributed by atoms with Crippen LogP contribution < -0.4 is 11.1 Å². The number of benzene rings is 1. The molecule has 1 atom stereocenters. The number of amides is 1. The molecule has 0 radical (unpaired) electrons. The first-order chi connectivity index (χ1) is 8.25. The molecule has 1 aromatic carbocycles. The summed E-state index contributed by atoms with van der Waals surface area (Å²) < 4.78 is 50.2. The molecule has 0 aliphatic rings. The third-order valence-corrected chi connectivity index (χ3v) is 2.34. The molecule has 3 nitrogen and oxygen atoms in total. The largest absolute Gasteiger partial charge is 0.419 e. The van der Waals surface area contributed by atoms with E-state index in [0.717, 1.165) is 6.07 Å². The number of alkyl halides is 3. The van der Waals surface area contributed by atoms with Crippen LogP contribution in [0.3, 0.4) is 0 Å². The van der Waals surface area contributed by atoms with Crippen LogP contribution in [0.4, 0.5) is 23.2 Å². The zero-order chi connectivity index (χ0) is 13.9. The smallest absolute Gasteiger partial charge is 0.330 e. The molecule has 18 heavy (non-hydrogen) atoms. The highest BCUT2D eigenvalue weighted by molar-refractivity contribution is 5.92. The van der Waals surface area contributed by atoms with E-state index >= 15 is 0 Å². The first-order valence-corrected chi connectivity index (χ1v) is 5.13. The molecule has 0 saturated heterocycles. The normalized spacial score (nSPS) is 13.2. The minimum atomic E-state index is -4.80. The summed E-state index contributed by atoms with van der Waals surface area (Å²) in [6, 6.07) is 2.27. The van der Waals surface area contributed by atoms with Crippen LogP contribution in [0.1, 0.15) is 12.5 Å². The Hall–Kier alpha value is -1.63. The molecule has 0 fully saturated rings. The van der Waals surface area contributed by atoms with Crippen molar-refractivity contribution in [2.45, 2.75) is 13.1 Å². The van der Waals surface area contributed by atoms with Gasteiger partial charge in [-0.15, -0.1) is 0 Å². The van der Waals surface area contributed by atoms with Crippen molar-refractivity contribution in [3.63, 3.8) is 0 Å². The van der Waals surface area contributed by atoms with Crippen LogP contribution in [0.5, 0.6) is 0 Å². The Labute approximate surface area is 101 Å². The van der Waals surface area contributed by atoms with Crippen molar-refractivity contribution in [3.05, 3.63) is 29.6 Å². The molecule has 1 rings (SSSR count). The average Bonchev–Trinajstić information content (AvgIpc) is 2.29. The van der Waals surface area contributed by atoms with Gasteiger partial charge in [-0.05, 0) is 18.2 Å². The molecule has 0 aliphatic carbocycles. The van der Waals surface area contributed by atoms with E-state index in [1.807, 2.05) is 0 Å². The molecule has 1 unspecified atom stereocenters. The maximum Gasteiger partial charge on any atom is 0.419 e. The van der Waals surface area contributed by atoms with Crippen LogP contribution in [0, 0.1) is 11.7 Å². The first kappa shape index (κ1) is 14.4. The molecule has 0 bridgehead atoms. The number of halogens is 4. The van der Waals surface area contributed by atoms with Gasteiger partial charge in [0.15, 0.2) is 0 Å². The lowest BCUT2D eigenvalue weighted by Gasteiger charge is -2.13. The Morgan fingerprint density at radius 1 is 1.44 bits per heavy atom. The number of hydrogen-bond donors (Lipinski definition) is 2. The number of carbonyl (C=O) groups excluding carboxylic acids is 1. The molecule has 0 aromatic heterocycles. The Morgan fingerprint density at radius 3 is 2.56 bits per heavy atom. The quantitative estimate of drug-likeness (QED) is 0.823. The Balaban J connectivity index is 2.96. The highest BCUT2D eigenvalue weighted by atomic mass is 19.4. The molecule has 100 valence electrons. The molecule has 3 N–H and O–H groups in total. The van der Waals surface area contributed by atoms with E-state index in [2.05, 4.69) is 5.32 Å². The van der Waals surface area contributed by atoms with Crippen molar-refractivity contribution in [1.82, 2.24) is 0 Å². The second-order valence-electron chi connectivity index (χ2n) is 3.82. The summed E-state index contributed by atoms with van der Waals surface area (Å²) in [5.74, 6) is -2.44. The van der Waals surface area contributed by atoms with Gasteiger partial charge < -0.3 is 11.1 Å². The molecule has 7 heteroatoms. The Morgan fingerprint density at radius 2 is 2.06 bits per heavy atom. The molecular weight excluding hydrogens is 252 g/mol. The van der Waals surface area contributed by atoms with Gasteiger partial charge >= 0.3 is 6.18 Å². The van der Waals surface area contributed by atoms with Crippen molar-refractivity contribution in [2.75, 3.05) is 11.9 Å². The highest BCUT2D eigenvalue weighted by Gasteiger charge is 2.34. The number of nitrogens with two attached hydrogens (primary N) is 1. The lowest BCUT2D eigenvalue weighted by atomic mass is 10.1. The fourth-order valence-corrected chi connectivity index (χ4v) is 1.19. The average molecular weight is 264 g/mol. The van der Waals surface area contributed by atoms with E-state index in [4.69, 9.17) is 5.73 Å². The lowest BCUT2D eigenvalue weighted by Crippen LogP contribution is -2.26. The second-order valence-corrected chi connectivity index (χ2v) is 3.82. The minimum absolute atomic E-state index is 0.0686. The zero-order valence-corrected chi connectivity index (χ0v) is 9.51. The van der Waals surface area contributed by atoms with Crippen LogP contribution in [0.2, 0.25) is 0 Å². The lowest BCUT2D eigenvalue weighted by molar-refractivity contribution is -0.140. The van der Waals surface area contributed by atoms with Crippen LogP contribution >= 0.6 is 0 Å². The van der Waals surface area contributed by atoms with Crippen molar-refractivity contribution >= 4 is 11.6 Å². The van der Waals surface area contributed by atoms with E-state index in [0.29, 0.717) is 12.1 Å². The number of nitrogens with one attached hydrogen (secondary N) is 1. The number of anilines is 1. The first-order valence-electron chi connectivity index (χ1n) is 5.13. The van der Waals surface area contributed by atoms with Crippen LogP contribution in [0.25, 0.3) is 0 Å². The second kappa shape index (κ2) is 5.34. The minimum Gasteiger partial charge on any atom is -0.330 e. The summed E-state index contributed by atoms with van der Waals surface area (Å²) >= 11 is 0. The van der Waals surface area contributed by atoms with Gasteiger partial charge in [0.1, 0.15) is 5.82 Å². The predicted molar refractivity (Wildman–Crippen MR) is 58.3 cm³/mol. The summed E-state index contributed by atoms with van der Waals surface area (Å²) in [4.78, 5) is 11.4. The van der Waals surface area contributed by atoms with Gasteiger partial charge in [0, 0.05) is 18.2 Å². The van der Waals surface area contributed by atoms with Crippen LogP contribution in [-0.2, 0) is 11.0 Å². The number of hydrogen-bond acceptors (Lipinski definition) is 2. The third-order valence-electron chi connectivity index (χ3n) is 2.34. The van der Waals surface area contributed by atoms with E-state index in [1.165, 1.54) is 6.92 Å². The summed E-state index contributed by atoms with van der Waals surface area (Å²) in [6.07, 6.45) is -4.80. The van der Waals surface area contributed by atoms with Gasteiger partial charge in [0.2, 0.25) is 5.91 Å². The van der Waals surface area contributed by atoms with Crippen molar-refractivity contribution < 1.29 is 22.4 Å². The standard InChI is InChI=1S/C11H12F4N2O/c1-6(5-16)10(18)17-7-2-3-9(12)8(4-7)11(13,14)15/h2-4,6H,5,16H2,1H3,(H,17,18). The molecule has 1 amide bonds. The van der Waals surface area contributed by atoms with Crippen LogP contribution in [0.15, 0.2) is 18.2 Å². The van der Waals surface area contributed by atoms with E-state index in [-0.39, 0.29) is 12.2 Å². The zero-order valence-electron chi connectivity index (χ0n) is 9.51. The van der Waals surface area contributed by atoms with Gasteiger partial charge in [-0.1, -0.05) is 6.92 Å². The third kappa shape index (κ3) is 3.43. The SMILES string of the molecule is CC(CN)C(=O)Nc1ccc(F)c(C(F)(F)F)c1. The summed E-state index contributed by atoms with van der Waals surface area (Å²) in [5.41, 5.74) is 3.72. The van der Waals surface area contributed by atoms with Gasteiger partial charge in [-0.2, -0.15) is 13.2 Å². The van der Waals surface area contributed by atoms with Gasteiger partial charge in [-0.3, -0.25) is 4.79 Å². The molecule has 0 spiro atoms. The van der Waals surface area contributed by atoms with E-state index < -0.39 is 29.4 Å². The van der Waals surface area contributed by atoms with Gasteiger partial charge in [0.25, 0.3) is 0 Å².